The van der Waals surface area contributed by atoms with Gasteiger partial charge in [-0.2, -0.15) is 9.97 Å². The van der Waals surface area contributed by atoms with E-state index in [4.69, 9.17) is 186 Å². The molecule has 8 heterocycles. The van der Waals surface area contributed by atoms with Gasteiger partial charge in [0.25, 0.3) is 5.16 Å². The number of carbonyl (C=O) groups is 2. The van der Waals surface area contributed by atoms with Gasteiger partial charge in [-0.25, -0.2) is 73.9 Å². The molecule has 4 fully saturated rings. The van der Waals surface area contributed by atoms with Crippen LogP contribution in [0.3, 0.4) is 0 Å². The largest absolute Gasteiger partial charge is 0.505 e. The second-order valence-corrected chi connectivity index (χ2v) is 30.2. The molecule has 0 radical (unpaired) electrons. The molecule has 2 aliphatic carbocycles. The Hall–Kier alpha value is -10.7. The molecule has 10 aromatic rings. The van der Waals surface area contributed by atoms with E-state index in [0.717, 1.165) is 30.1 Å². The Morgan fingerprint density at radius 3 is 1.72 bits per heavy atom. The average Bonchev–Trinajstić information content (AvgIpc) is 1.56. The van der Waals surface area contributed by atoms with Gasteiger partial charge in [0.15, 0.2) is 39.8 Å². The van der Waals surface area contributed by atoms with Gasteiger partial charge in [0.1, 0.15) is 39.8 Å². The number of fused-ring (bicyclic) bond motifs is 8. The second-order valence-electron chi connectivity index (χ2n) is 26.4. The number of benzene rings is 4. The Balaban J connectivity index is -0.0000000415. The summed E-state index contributed by atoms with van der Waals surface area (Å²) in [7, 11) is -3.22. The Morgan fingerprint density at radius 1 is 0.689 bits per heavy atom. The fraction of sp³-hybridized carbons (Fsp3) is 0.373. The predicted octanol–water partition coefficient (Wildman–Crippen LogP) is 20.4. The van der Waals surface area contributed by atoms with Gasteiger partial charge in [-0.15, -0.1) is 0 Å². The van der Waals surface area contributed by atoms with E-state index < -0.39 is 98.3 Å². The van der Waals surface area contributed by atoms with E-state index in [0.29, 0.717) is 93.7 Å². The monoisotopic (exact) mass is 1660 g/mol. The number of aromatic hydroxyl groups is 1. The number of carbonyl (C=O) groups excluding carboxylic acids is 2. The zero-order valence-electron chi connectivity index (χ0n) is 151. The van der Waals surface area contributed by atoms with Gasteiger partial charge in [0.05, 0.1) is 94.5 Å². The van der Waals surface area contributed by atoms with Crippen molar-refractivity contribution in [3.05, 3.63) is 120 Å². The maximum Gasteiger partial charge on any atom is 0.414 e. The van der Waals surface area contributed by atoms with E-state index in [1.165, 1.54) is 82.5 Å². The van der Waals surface area contributed by atoms with Crippen LogP contribution in [-0.2, 0) is 40.7 Å². The highest BCUT2D eigenvalue weighted by Crippen LogP contribution is 2.48. The summed E-state index contributed by atoms with van der Waals surface area (Å²) in [5.74, 6) is -2.10. The number of hydrogen-bond acceptors (Lipinski definition) is 26. The summed E-state index contributed by atoms with van der Waals surface area (Å²) in [6.45, 7) is 13.9. The molecule has 6 aromatic heterocycles. The van der Waals surface area contributed by atoms with Crippen molar-refractivity contribution in [2.75, 3.05) is 81.1 Å². The summed E-state index contributed by atoms with van der Waals surface area (Å²) in [5.41, 5.74) is 16.2. The number of ether oxygens (including phenoxy) is 5. The number of anilines is 5. The molecule has 0 bridgehead atoms. The lowest BCUT2D eigenvalue weighted by atomic mass is 10.1. The Kier molecular flexibility index (Phi) is 9.96. The summed E-state index contributed by atoms with van der Waals surface area (Å²) < 4.78 is 612. The maximum atomic E-state index is 15.7. The van der Waals surface area contributed by atoms with Gasteiger partial charge in [0, 0.05) is 204 Å². The molecule has 2 amide bonds. The van der Waals surface area contributed by atoms with Crippen molar-refractivity contribution in [3.8, 4) is 29.0 Å². The van der Waals surface area contributed by atoms with Crippen LogP contribution in [0.5, 0.6) is 29.0 Å². The fourth-order valence-corrected chi connectivity index (χ4v) is 14.7. The number of H-pyrrole nitrogens is 2. The lowest BCUT2D eigenvalue weighted by Crippen LogP contribution is -2.37. The van der Waals surface area contributed by atoms with Crippen LogP contribution in [0.1, 0.15) is 200 Å². The number of aromatic amines is 2. The molecule has 2 unspecified atom stereocenters. The van der Waals surface area contributed by atoms with E-state index in [9.17, 15) is 30.8 Å². The first-order valence-corrected chi connectivity index (χ1v) is 35.0. The van der Waals surface area contributed by atoms with Crippen molar-refractivity contribution in [1.82, 2.24) is 60.5 Å². The van der Waals surface area contributed by atoms with Crippen LogP contribution in [0.2, 0.25) is 0 Å². The van der Waals surface area contributed by atoms with Gasteiger partial charge < -0.3 is 76.8 Å². The molecule has 2 aliphatic heterocycles. The number of methoxy groups -OCH3 is 2. The van der Waals surface area contributed by atoms with Crippen molar-refractivity contribution in [3.63, 3.8) is 0 Å². The minimum atomic E-state index is -4.58. The minimum absolute atomic E-state index is 0. The number of halogens is 4. The highest BCUT2D eigenvalue weighted by Gasteiger charge is 2.55. The first kappa shape index (κ1) is 35.0. The van der Waals surface area contributed by atoms with Crippen molar-refractivity contribution < 1.29 is 212 Å². The van der Waals surface area contributed by atoms with Crippen LogP contribution >= 0.6 is 0 Å². The SMILES string of the molecule is C.CC(C)(C)OC(=O)NC1[C@H]2CNC[C@@H]12.CNc1cc(F)c(F)c2c1[nH]c1nc(Oc3cnc(N)nc3)nc(N3C[C@@H]4C(N)[C@@H]4C3)c12.COc1ccc(CS(=O)(=O)c2nc(S(=O)(=O)Cc3ccc(OC)cc3)c3c(n2)[nH]c2c(N(C)C(=O)OC(C)(C)C)cc(F)c(F)c23)cc1.Nc1ncc(O)cn1.[2H][2H].[2H][2H].[2H][2H].[2H][2H].[2H][2H].[2H][2H].[2H][2H].[2H][2H].[2H][2H].[2H][2H].[2H][2H].[2H][2H].[2H][2H].[2H][2H].[2H][2H].[2H][2H].[2H][2H].[2H][2H].[2H][2H].[2H][2H].[2H][2H].[2H][2H].[2H][2H].[2H][2H].[2H][2H].[2H][2H].[2H][2H].[2H][2H].[2H][2H].[2H][2H].[2H][2H].[2H][2H].[2H][2H].[2H][2H].[2H][2H].[2H][2H].[2H][2H].[2H][2H].[2H][2H].[2H][2H].[2H][2H].[2H][2H].[2H][2H].[2H][2H].[2H][2H].[2H][2H].[2H][2H]. The molecule has 2 saturated carbocycles. The third-order valence-corrected chi connectivity index (χ3v) is 19.9. The number of aromatic nitrogens is 10. The van der Waals surface area contributed by atoms with Crippen LogP contribution in [0.4, 0.5) is 56.2 Å². The fourth-order valence-electron chi connectivity index (χ4n) is 11.9. The molecular formula is C67H172F4N18O12S2. The molecule has 30 nitrogen and oxygen atoms in total. The lowest BCUT2D eigenvalue weighted by molar-refractivity contribution is 0.0516. The number of piperidine rings is 2. The Labute approximate surface area is 733 Å². The Morgan fingerprint density at radius 2 is 1.19 bits per heavy atom. The first-order valence-electron chi connectivity index (χ1n) is 78.7. The number of amides is 2. The third kappa shape index (κ3) is 16.6. The van der Waals surface area contributed by atoms with Crippen LogP contribution in [0.15, 0.2) is 95.6 Å². The third-order valence-electron chi connectivity index (χ3n) is 16.9. The number of nitrogens with zero attached hydrogens (tertiary/aromatic N) is 10. The van der Waals surface area contributed by atoms with Crippen LogP contribution in [-0.4, -0.2) is 162 Å². The number of hydrogen-bond donors (Lipinski definition) is 9. The number of sulfone groups is 2. The summed E-state index contributed by atoms with van der Waals surface area (Å²) in [6.07, 6.45) is 4.08. The van der Waals surface area contributed by atoms with E-state index in [1.807, 2.05) is 25.7 Å². The topological polar surface area (TPSA) is 424 Å². The summed E-state index contributed by atoms with van der Waals surface area (Å²) in [5, 5.41) is 15.3. The summed E-state index contributed by atoms with van der Waals surface area (Å²) >= 11 is 0. The van der Waals surface area contributed by atoms with Crippen LogP contribution in [0, 0.1) is 46.9 Å². The van der Waals surface area contributed by atoms with E-state index in [1.54, 1.807) is 40.0 Å². The summed E-state index contributed by atoms with van der Waals surface area (Å²) in [4.78, 5) is 64.9. The van der Waals surface area contributed by atoms with Gasteiger partial charge in [0.2, 0.25) is 31.6 Å². The van der Waals surface area contributed by atoms with Crippen molar-refractivity contribution in [2.45, 2.75) is 93.9 Å². The Bertz CT molecular complexity index is 5210. The van der Waals surface area contributed by atoms with Crippen molar-refractivity contribution >= 4 is 105 Å². The molecule has 0 spiro atoms. The van der Waals surface area contributed by atoms with Gasteiger partial charge in [-0.05, 0) is 101 Å². The second kappa shape index (κ2) is 29.3. The number of nitrogens with two attached hydrogens (primary N) is 3. The predicted molar refractivity (Wildman–Crippen MR) is 475 cm³/mol. The number of rotatable bonds is 14. The average molecular weight is 1660 g/mol. The lowest BCUT2D eigenvalue weighted by Gasteiger charge is -2.25. The molecule has 12 N–H and O–H groups in total. The normalized spacial score (nSPS) is 21.6. The highest BCUT2D eigenvalue weighted by atomic mass is 32.2. The van der Waals surface area contributed by atoms with Gasteiger partial charge >= 0.3 is 18.2 Å². The van der Waals surface area contributed by atoms with E-state index in [2.05, 4.69) is 65.8 Å². The first-order chi connectivity index (χ1) is 95.1. The number of nitrogens with one attached hydrogen (secondary N) is 5. The van der Waals surface area contributed by atoms with E-state index >= 15 is 13.2 Å². The highest BCUT2D eigenvalue weighted by molar-refractivity contribution is 7.91. The molecule has 36 heteroatoms. The summed E-state index contributed by atoms with van der Waals surface area (Å²) in [6, 6.07) is 14.5. The van der Waals surface area contributed by atoms with Crippen molar-refractivity contribution in [1.29, 1.82) is 0 Å². The maximum absolute atomic E-state index is 15.7. The molecule has 4 aliphatic rings. The van der Waals surface area contributed by atoms with Crippen LogP contribution in [0.25, 0.3) is 43.9 Å². The smallest absolute Gasteiger partial charge is 0.414 e. The van der Waals surface area contributed by atoms with Gasteiger partial charge in [-0.3, -0.25) is 4.90 Å². The number of nitrogen functional groups attached to an aromatic ring is 2. The van der Waals surface area contributed by atoms with Crippen LogP contribution < -0.4 is 57.2 Å². The minimum Gasteiger partial charge on any atom is -0.505 e. The molecule has 6 atom stereocenters. The molecule has 642 valence electrons. The molecular weight excluding hydrogens is 1390 g/mol. The van der Waals surface area contributed by atoms with E-state index in [-0.39, 0.29) is 65.4 Å². The standard InChI is InChI=1S/C32H32F2N4O8S2.C20H19F2N9O.C10H18N2O2.C4H5N3O.CH4.47H2/c1-32(2,3)46-31(39)38(4)23-15-22(33)26(34)24-25-28(35-27(23)24)36-30(48(42,43)17-19-9-13-21(45-6)14-10-19)37-29(25)47(40,41)16-18-7-11-20(44-5)12-8-18;1-25-11-2-10(21)14(22)12-13-17(28-16(11)12)29-20(32-7-3-26-19(24)27-4-7)30-18(13)31-5-8-9(6-31)15(8)23;1-10(2,3)14-9(13)12-8-6-4-11-5-7(6)8;5-4-6-1-3(8)2-7-4;;;;;;;;;;;;;;;;;;;;;;;;;;;;;;;;;;;;;;;;;;;;;;;;/h7-15H,16-17H2,1-6H3,(H,35,36,37);2-4,8-9,15,25H,5-6,23H2,1H3,(H2,24,26,27)(H,28,29,30);6-8,11H,4-5H2,1-3H3,(H,12,13);1-2,8H,(H2,5,6,7);1H4;47*1H/t;8-,9+,15?;6-,7+,8?;;;;;;;;;;;;;;;;;;;;;;;;;;;;;;;;;;;;;;;;;;;;;;;;;/i;;;;;47*1+1D. The number of alkyl carbamates (subject to hydrolysis) is 1. The quantitative estimate of drug-likeness (QED) is 0.0277. The molecule has 4 aromatic carbocycles. The zero-order chi connectivity index (χ0) is 168. The molecule has 14 rings (SSSR count). The zero-order valence-corrected chi connectivity index (χ0v) is 58.4. The van der Waals surface area contributed by atoms with Gasteiger partial charge in [-0.1, -0.05) is 31.7 Å². The molecule has 2 saturated heterocycles. The van der Waals surface area contributed by atoms with Crippen molar-refractivity contribution in [2.24, 2.45) is 29.4 Å². The molecule has 103 heavy (non-hydrogen) atoms.